The Balaban J connectivity index is 2.84. The molecule has 0 spiro atoms. The van der Waals surface area contributed by atoms with Gasteiger partial charge in [-0.15, -0.1) is 0 Å². The van der Waals surface area contributed by atoms with Crippen LogP contribution in [-0.4, -0.2) is 54.4 Å². The molecule has 6 heteroatoms. The van der Waals surface area contributed by atoms with E-state index in [1.165, 1.54) is 11.1 Å². The molecule has 0 bridgehead atoms. The van der Waals surface area contributed by atoms with Crippen molar-refractivity contribution >= 4 is 18.1 Å². The summed E-state index contributed by atoms with van der Waals surface area (Å²) in [6.07, 6.45) is 6.60. The Morgan fingerprint density at radius 2 is 2.00 bits per heavy atom. The quantitative estimate of drug-likeness (QED) is 0.572. The van der Waals surface area contributed by atoms with E-state index >= 15 is 0 Å². The van der Waals surface area contributed by atoms with Gasteiger partial charge in [0, 0.05) is 33.4 Å². The van der Waals surface area contributed by atoms with Crippen LogP contribution in [0.2, 0.25) is 0 Å². The molecule has 0 unspecified atom stereocenters. The Morgan fingerprint density at radius 1 is 1.33 bits per heavy atom. The molecule has 6 nitrogen and oxygen atoms in total. The largest absolute Gasteiger partial charge is 0.414 e. The van der Waals surface area contributed by atoms with Crippen LogP contribution in [0.1, 0.15) is 26.7 Å². The molecule has 116 valence electrons. The number of nitrogens with zero attached hydrogens (tertiary/aromatic N) is 4. The molecule has 1 aromatic heterocycles. The maximum atomic E-state index is 11.6. The summed E-state index contributed by atoms with van der Waals surface area (Å²) in [6.45, 7) is 6.17. The third kappa shape index (κ3) is 5.81. The molecule has 1 heterocycles. The molecule has 0 radical (unpaired) electrons. The highest BCUT2D eigenvalue weighted by Crippen LogP contribution is 2.25. The third-order valence-corrected chi connectivity index (χ3v) is 2.71. The molecule has 1 amide bonds. The molecular weight excluding hydrogens is 268 g/mol. The molecule has 0 aromatic carbocycles. The zero-order valence-electron chi connectivity index (χ0n) is 13.2. The van der Waals surface area contributed by atoms with E-state index in [1.807, 2.05) is 0 Å². The summed E-state index contributed by atoms with van der Waals surface area (Å²) in [4.78, 5) is 23.5. The van der Waals surface area contributed by atoms with E-state index < -0.39 is 6.09 Å². The molecule has 0 saturated heterocycles. The minimum Gasteiger partial charge on any atom is -0.406 e. The standard InChI is InChI=1S/C15H24N4O2/c1-5-9-19(10-6-2)12-17-13-7-8-16-11-14(13)21-15(20)18(3)4/h7-8,11-12H,5-6,9-10H2,1-4H3/b17-12+. The Hall–Kier alpha value is -2.11. The summed E-state index contributed by atoms with van der Waals surface area (Å²) < 4.78 is 5.25. The molecule has 0 N–H and O–H groups in total. The van der Waals surface area contributed by atoms with Crippen LogP contribution in [0.4, 0.5) is 10.5 Å². The van der Waals surface area contributed by atoms with Crippen molar-refractivity contribution < 1.29 is 9.53 Å². The lowest BCUT2D eigenvalue weighted by atomic mass is 10.4. The maximum absolute atomic E-state index is 11.6. The maximum Gasteiger partial charge on any atom is 0.414 e. The third-order valence-electron chi connectivity index (χ3n) is 2.71. The monoisotopic (exact) mass is 292 g/mol. The highest BCUT2D eigenvalue weighted by Gasteiger charge is 2.10. The van der Waals surface area contributed by atoms with Crippen LogP contribution < -0.4 is 4.74 Å². The lowest BCUT2D eigenvalue weighted by Crippen LogP contribution is -2.25. The summed E-state index contributed by atoms with van der Waals surface area (Å²) in [5, 5.41) is 0. The second-order valence-corrected chi connectivity index (χ2v) is 4.89. The summed E-state index contributed by atoms with van der Waals surface area (Å²) in [6, 6.07) is 1.73. The average Bonchev–Trinajstić information content (AvgIpc) is 2.46. The molecule has 21 heavy (non-hydrogen) atoms. The van der Waals surface area contributed by atoms with Crippen LogP contribution in [0.5, 0.6) is 5.75 Å². The molecular formula is C15H24N4O2. The van der Waals surface area contributed by atoms with E-state index in [1.54, 1.807) is 32.7 Å². The van der Waals surface area contributed by atoms with Crippen LogP contribution in [0.3, 0.4) is 0 Å². The van der Waals surface area contributed by atoms with Crippen molar-refractivity contribution in [3.8, 4) is 5.75 Å². The number of carbonyl (C=O) groups excluding carboxylic acids is 1. The van der Waals surface area contributed by atoms with Crippen molar-refractivity contribution in [1.29, 1.82) is 0 Å². The van der Waals surface area contributed by atoms with Gasteiger partial charge in [0.05, 0.1) is 12.5 Å². The number of amides is 1. The van der Waals surface area contributed by atoms with Gasteiger partial charge in [-0.25, -0.2) is 9.79 Å². The SMILES string of the molecule is CCCN(/C=N/c1ccncc1OC(=O)N(C)C)CCC. The zero-order chi connectivity index (χ0) is 15.7. The highest BCUT2D eigenvalue weighted by molar-refractivity contribution is 5.73. The fourth-order valence-corrected chi connectivity index (χ4v) is 1.69. The number of aromatic nitrogens is 1. The van der Waals surface area contributed by atoms with Crippen LogP contribution in [0.25, 0.3) is 0 Å². The first-order valence-corrected chi connectivity index (χ1v) is 7.19. The first-order chi connectivity index (χ1) is 10.1. The molecule has 0 atom stereocenters. The van der Waals surface area contributed by atoms with Crippen molar-refractivity contribution in [2.75, 3.05) is 27.2 Å². The van der Waals surface area contributed by atoms with E-state index in [9.17, 15) is 4.79 Å². The zero-order valence-corrected chi connectivity index (χ0v) is 13.2. The van der Waals surface area contributed by atoms with Gasteiger partial charge in [-0.3, -0.25) is 4.98 Å². The van der Waals surface area contributed by atoms with Crippen molar-refractivity contribution in [3.05, 3.63) is 18.5 Å². The summed E-state index contributed by atoms with van der Waals surface area (Å²) >= 11 is 0. The van der Waals surface area contributed by atoms with Crippen molar-refractivity contribution in [2.45, 2.75) is 26.7 Å². The number of aliphatic imine (C=N–C) groups is 1. The fraction of sp³-hybridized carbons (Fsp3) is 0.533. The van der Waals surface area contributed by atoms with Crippen LogP contribution >= 0.6 is 0 Å². The van der Waals surface area contributed by atoms with Crippen LogP contribution in [0.15, 0.2) is 23.5 Å². The molecule has 1 aromatic rings. The fourth-order valence-electron chi connectivity index (χ4n) is 1.69. The van der Waals surface area contributed by atoms with Gasteiger partial charge in [0.25, 0.3) is 0 Å². The normalized spacial score (nSPS) is 10.7. The van der Waals surface area contributed by atoms with Crippen LogP contribution in [0, 0.1) is 0 Å². The minimum atomic E-state index is -0.446. The first kappa shape index (κ1) is 16.9. The minimum absolute atomic E-state index is 0.361. The smallest absolute Gasteiger partial charge is 0.406 e. The summed E-state index contributed by atoms with van der Waals surface area (Å²) in [7, 11) is 3.26. The van der Waals surface area contributed by atoms with E-state index in [4.69, 9.17) is 4.74 Å². The van der Waals surface area contributed by atoms with E-state index in [2.05, 4.69) is 28.7 Å². The van der Waals surface area contributed by atoms with Gasteiger partial charge in [-0.1, -0.05) is 13.8 Å². The Bertz CT molecular complexity index is 468. The molecule has 0 aliphatic carbocycles. The second kappa shape index (κ2) is 8.94. The molecule has 0 aliphatic heterocycles. The number of pyridine rings is 1. The number of ether oxygens (including phenoxy) is 1. The molecule has 0 fully saturated rings. The van der Waals surface area contributed by atoms with Gasteiger partial charge < -0.3 is 14.5 Å². The van der Waals surface area contributed by atoms with E-state index in [-0.39, 0.29) is 0 Å². The predicted molar refractivity (Wildman–Crippen MR) is 84.3 cm³/mol. The lowest BCUT2D eigenvalue weighted by Gasteiger charge is -2.17. The first-order valence-electron chi connectivity index (χ1n) is 7.19. The van der Waals surface area contributed by atoms with Crippen molar-refractivity contribution in [2.24, 2.45) is 4.99 Å². The van der Waals surface area contributed by atoms with E-state index in [0.717, 1.165) is 25.9 Å². The van der Waals surface area contributed by atoms with Gasteiger partial charge in [-0.05, 0) is 18.9 Å². The van der Waals surface area contributed by atoms with E-state index in [0.29, 0.717) is 11.4 Å². The number of hydrogen-bond acceptors (Lipinski definition) is 4. The number of hydrogen-bond donors (Lipinski definition) is 0. The van der Waals surface area contributed by atoms with Gasteiger partial charge in [0.1, 0.15) is 5.69 Å². The topological polar surface area (TPSA) is 58.0 Å². The Morgan fingerprint density at radius 3 is 2.57 bits per heavy atom. The number of rotatable bonds is 7. The van der Waals surface area contributed by atoms with Gasteiger partial charge in [0.15, 0.2) is 5.75 Å². The Kier molecular flexibility index (Phi) is 7.21. The second-order valence-electron chi connectivity index (χ2n) is 4.89. The highest BCUT2D eigenvalue weighted by atomic mass is 16.6. The summed E-state index contributed by atoms with van der Waals surface area (Å²) in [5.41, 5.74) is 0.595. The predicted octanol–water partition coefficient (Wildman–Crippen LogP) is 2.92. The van der Waals surface area contributed by atoms with Crippen molar-refractivity contribution in [1.82, 2.24) is 14.8 Å². The average molecular weight is 292 g/mol. The van der Waals surface area contributed by atoms with Gasteiger partial charge >= 0.3 is 6.09 Å². The molecule has 0 saturated carbocycles. The van der Waals surface area contributed by atoms with Gasteiger partial charge in [-0.2, -0.15) is 0 Å². The Labute approximate surface area is 126 Å². The molecule has 0 aliphatic rings. The number of carbonyl (C=O) groups is 1. The van der Waals surface area contributed by atoms with Gasteiger partial charge in [0.2, 0.25) is 0 Å². The lowest BCUT2D eigenvalue weighted by molar-refractivity contribution is 0.172. The van der Waals surface area contributed by atoms with Crippen LogP contribution in [-0.2, 0) is 0 Å². The van der Waals surface area contributed by atoms with Crippen molar-refractivity contribution in [3.63, 3.8) is 0 Å². The molecule has 1 rings (SSSR count). The summed E-state index contributed by atoms with van der Waals surface area (Å²) in [5.74, 6) is 0.361.